The van der Waals surface area contributed by atoms with E-state index in [-0.39, 0.29) is 22.8 Å². The number of hydrogen-bond donors (Lipinski definition) is 0. The van der Waals surface area contributed by atoms with Gasteiger partial charge in [0.2, 0.25) is 0 Å². The van der Waals surface area contributed by atoms with Crippen LogP contribution < -0.4 is 11.1 Å². The minimum Gasteiger partial charge on any atom is -0.267 e. The molecule has 0 bridgehead atoms. The fraction of sp³-hybridized carbons (Fsp3) is 0. The minimum atomic E-state index is -0.713. The van der Waals surface area contributed by atoms with Crippen LogP contribution in [0.1, 0.15) is 2.74 Å². The molecule has 0 saturated heterocycles. The van der Waals surface area contributed by atoms with Gasteiger partial charge in [0.25, 0.3) is 11.1 Å². The number of rotatable bonds is 0. The summed E-state index contributed by atoms with van der Waals surface area (Å²) in [5.41, 5.74) is -1.43. The average molecular weight is 136 g/mol. The molecule has 0 unspecified atom stereocenters. The minimum absolute atomic E-state index is 0.134. The Labute approximate surface area is 57.3 Å². The third-order valence-corrected chi connectivity index (χ3v) is 1.22. The first-order valence-corrected chi connectivity index (χ1v) is 2.55. The molecule has 2 aliphatic rings. The van der Waals surface area contributed by atoms with E-state index in [1.165, 1.54) is 0 Å². The van der Waals surface area contributed by atoms with Gasteiger partial charge in [0, 0.05) is 12.3 Å². The predicted molar refractivity (Wildman–Crippen MR) is 32.2 cm³/mol. The van der Waals surface area contributed by atoms with Crippen LogP contribution in [-0.2, 0) is 0 Å². The molecule has 10 heavy (non-hydrogen) atoms. The van der Waals surface area contributed by atoms with Gasteiger partial charge in [-0.25, -0.2) is 9.97 Å². The summed E-state index contributed by atoms with van der Waals surface area (Å²) in [5, 5.41) is -0.269. The highest BCUT2D eigenvalue weighted by molar-refractivity contribution is 5.06. The lowest BCUT2D eigenvalue weighted by molar-refractivity contribution is 1.23. The maximum Gasteiger partial charge on any atom is 0.279 e. The van der Waals surface area contributed by atoms with E-state index < -0.39 is 11.1 Å². The molecular weight excluding hydrogens is 132 g/mol. The molecule has 2 rings (SSSR count). The van der Waals surface area contributed by atoms with Crippen LogP contribution >= 0.6 is 0 Å². The van der Waals surface area contributed by atoms with E-state index in [9.17, 15) is 9.59 Å². The molecule has 0 atom stereocenters. The van der Waals surface area contributed by atoms with Crippen molar-refractivity contribution in [1.82, 2.24) is 9.97 Å². The first-order valence-electron chi connectivity index (χ1n) is 3.55. The largest absolute Gasteiger partial charge is 0.279 e. The molecule has 0 spiro atoms. The summed E-state index contributed by atoms with van der Waals surface area (Å²) in [4.78, 5) is 28.3. The SMILES string of the molecule is [2H]c1nc(=O)c2c([2H])nc(=O)c1=2. The van der Waals surface area contributed by atoms with E-state index in [0.29, 0.717) is 0 Å². The van der Waals surface area contributed by atoms with Crippen LogP contribution in [0.4, 0.5) is 0 Å². The standard InChI is InChI=1S/C6H2N2O2/c9-5-3-1-7-6(10)4(3)2-8-5/h1-2H/i1D,2D. The quantitative estimate of drug-likeness (QED) is 0.456. The molecule has 0 aromatic carbocycles. The molecule has 0 aliphatic carbocycles. The Morgan fingerprint density at radius 3 is 1.90 bits per heavy atom. The second kappa shape index (κ2) is 1.47. The highest BCUT2D eigenvalue weighted by atomic mass is 16.1. The van der Waals surface area contributed by atoms with Crippen LogP contribution in [0.5, 0.6) is 0 Å². The van der Waals surface area contributed by atoms with Crippen LogP contribution in [0.3, 0.4) is 0 Å². The van der Waals surface area contributed by atoms with Crippen LogP contribution in [0.15, 0.2) is 21.9 Å². The normalized spacial score (nSPS) is 13.6. The highest BCUT2D eigenvalue weighted by Crippen LogP contribution is 1.81. The first-order chi connectivity index (χ1) is 5.61. The lowest BCUT2D eigenvalue weighted by Crippen LogP contribution is -1.97. The Hall–Kier alpha value is -1.58. The average Bonchev–Trinajstić information content (AvgIpc) is 2.38. The second-order valence-electron chi connectivity index (χ2n) is 1.81. The molecule has 0 amide bonds. The van der Waals surface area contributed by atoms with Gasteiger partial charge in [-0.2, -0.15) is 0 Å². The van der Waals surface area contributed by atoms with Crippen LogP contribution in [0.25, 0.3) is 0 Å². The van der Waals surface area contributed by atoms with E-state index in [0.717, 1.165) is 0 Å². The summed E-state index contributed by atoms with van der Waals surface area (Å²) in [7, 11) is 0. The summed E-state index contributed by atoms with van der Waals surface area (Å²) < 4.78 is 14.2. The lowest BCUT2D eigenvalue weighted by atomic mass is 10.4. The van der Waals surface area contributed by atoms with Gasteiger partial charge in [0.05, 0.1) is 13.2 Å². The zero-order valence-corrected chi connectivity index (χ0v) is 4.71. The van der Waals surface area contributed by atoms with E-state index in [1.54, 1.807) is 0 Å². The van der Waals surface area contributed by atoms with Crippen molar-refractivity contribution in [2.75, 3.05) is 0 Å². The van der Waals surface area contributed by atoms with Gasteiger partial charge in [-0.3, -0.25) is 9.59 Å². The van der Waals surface area contributed by atoms with Gasteiger partial charge >= 0.3 is 0 Å². The van der Waals surface area contributed by atoms with E-state index in [2.05, 4.69) is 9.97 Å². The predicted octanol–water partition coefficient (Wildman–Crippen LogP) is -1.20. The zero-order valence-electron chi connectivity index (χ0n) is 6.71. The van der Waals surface area contributed by atoms with Gasteiger partial charge in [-0.1, -0.05) is 0 Å². The Bertz CT molecular complexity index is 532. The molecule has 0 fully saturated rings. The zero-order chi connectivity index (χ0) is 8.88. The summed E-state index contributed by atoms with van der Waals surface area (Å²) in [5.74, 6) is 0. The van der Waals surface area contributed by atoms with Gasteiger partial charge in [0.15, 0.2) is 0 Å². The summed E-state index contributed by atoms with van der Waals surface area (Å²) in [6.07, 6.45) is -0.767. The number of nitrogens with zero attached hydrogens (tertiary/aromatic N) is 2. The van der Waals surface area contributed by atoms with Crippen molar-refractivity contribution in [3.8, 4) is 0 Å². The maximum atomic E-state index is 10.9. The van der Waals surface area contributed by atoms with Gasteiger partial charge in [-0.15, -0.1) is 0 Å². The smallest absolute Gasteiger partial charge is 0.267 e. The molecule has 2 heterocycles. The van der Waals surface area contributed by atoms with Crippen molar-refractivity contribution in [3.05, 3.63) is 43.5 Å². The van der Waals surface area contributed by atoms with Crippen molar-refractivity contribution in [2.45, 2.75) is 0 Å². The van der Waals surface area contributed by atoms with Crippen molar-refractivity contribution >= 4 is 0 Å². The first kappa shape index (κ1) is 3.55. The molecular formula is C6H2N2O2. The van der Waals surface area contributed by atoms with Crippen LogP contribution in [0, 0.1) is 10.4 Å². The molecule has 2 aliphatic heterocycles. The summed E-state index contributed by atoms with van der Waals surface area (Å²) >= 11 is 0. The molecule has 4 heteroatoms. The Kier molecular flexibility index (Phi) is 0.523. The Balaban J connectivity index is 3.34. The number of aromatic nitrogens is 2. The van der Waals surface area contributed by atoms with Crippen molar-refractivity contribution in [1.29, 1.82) is 0 Å². The fourth-order valence-corrected chi connectivity index (χ4v) is 0.746. The van der Waals surface area contributed by atoms with Gasteiger partial charge in [-0.05, 0) is 0 Å². The Morgan fingerprint density at radius 1 is 1.10 bits per heavy atom. The topological polar surface area (TPSA) is 59.9 Å². The second-order valence-corrected chi connectivity index (χ2v) is 1.81. The lowest BCUT2D eigenvalue weighted by Gasteiger charge is -1.58. The van der Waals surface area contributed by atoms with Gasteiger partial charge in [0.1, 0.15) is 0 Å². The molecule has 0 aromatic heterocycles. The molecule has 4 nitrogen and oxygen atoms in total. The van der Waals surface area contributed by atoms with E-state index in [4.69, 9.17) is 2.74 Å². The van der Waals surface area contributed by atoms with E-state index >= 15 is 0 Å². The van der Waals surface area contributed by atoms with Crippen molar-refractivity contribution in [3.63, 3.8) is 0 Å². The molecule has 0 radical (unpaired) electrons. The van der Waals surface area contributed by atoms with Crippen molar-refractivity contribution in [2.24, 2.45) is 0 Å². The molecule has 0 saturated carbocycles. The summed E-state index contributed by atoms with van der Waals surface area (Å²) in [6, 6.07) is 0. The number of hydrogen-bond acceptors (Lipinski definition) is 4. The fourth-order valence-electron chi connectivity index (χ4n) is 0.746. The Morgan fingerprint density at radius 2 is 1.50 bits per heavy atom. The molecule has 0 aromatic rings. The monoisotopic (exact) mass is 136 g/mol. The molecule has 0 N–H and O–H groups in total. The molecule has 48 valence electrons. The highest BCUT2D eigenvalue weighted by Gasteiger charge is 2.00. The maximum absolute atomic E-state index is 10.9. The van der Waals surface area contributed by atoms with Crippen LogP contribution in [-0.4, -0.2) is 9.97 Å². The van der Waals surface area contributed by atoms with Crippen LogP contribution in [0.2, 0.25) is 0 Å². The third kappa shape index (κ3) is 0.452. The van der Waals surface area contributed by atoms with Crippen molar-refractivity contribution < 1.29 is 2.74 Å². The summed E-state index contributed by atoms with van der Waals surface area (Å²) in [6.45, 7) is 0. The van der Waals surface area contributed by atoms with Gasteiger partial charge < -0.3 is 0 Å². The third-order valence-electron chi connectivity index (χ3n) is 1.22. The van der Waals surface area contributed by atoms with E-state index in [1.807, 2.05) is 0 Å².